The van der Waals surface area contributed by atoms with Crippen LogP contribution >= 0.6 is 0 Å². The molecule has 1 atom stereocenters. The van der Waals surface area contributed by atoms with Crippen molar-refractivity contribution in [3.05, 3.63) is 0 Å². The average Bonchev–Trinajstić information content (AvgIpc) is 2.50. The molecule has 0 aliphatic carbocycles. The largest absolute Gasteiger partial charge is 0.370 e. The molecule has 1 aliphatic heterocycles. The van der Waals surface area contributed by atoms with Gasteiger partial charge in [-0.25, -0.2) is 5.43 Å². The van der Waals surface area contributed by atoms with Crippen molar-refractivity contribution in [2.24, 2.45) is 5.92 Å². The summed E-state index contributed by atoms with van der Waals surface area (Å²) in [4.78, 5) is 35.0. The molecule has 0 radical (unpaired) electrons. The Bertz CT molecular complexity index is 319. The molecule has 0 aromatic rings. The molecule has 2 N–H and O–H groups in total. The molecule has 17 heavy (non-hydrogen) atoms. The molecule has 3 amide bonds. The Labute approximate surface area is 99.4 Å². The summed E-state index contributed by atoms with van der Waals surface area (Å²) >= 11 is 0. The normalized spacial score (nSPS) is 19.9. The van der Waals surface area contributed by atoms with Crippen LogP contribution in [-0.2, 0) is 19.1 Å². The van der Waals surface area contributed by atoms with Crippen LogP contribution in [0.5, 0.6) is 0 Å². The zero-order chi connectivity index (χ0) is 12.8. The van der Waals surface area contributed by atoms with Crippen LogP contribution in [0.2, 0.25) is 0 Å². The van der Waals surface area contributed by atoms with Crippen LogP contribution in [0.1, 0.15) is 13.3 Å². The molecule has 7 nitrogen and oxygen atoms in total. The maximum Gasteiger partial charge on any atom is 0.260 e. The lowest BCUT2D eigenvalue weighted by atomic mass is 10.1. The van der Waals surface area contributed by atoms with Crippen LogP contribution in [0.3, 0.4) is 0 Å². The first-order chi connectivity index (χ1) is 8.06. The predicted octanol–water partition coefficient (Wildman–Crippen LogP) is -1.35. The van der Waals surface area contributed by atoms with E-state index < -0.39 is 0 Å². The molecule has 0 bridgehead atoms. The minimum atomic E-state index is -0.306. The molecule has 1 saturated heterocycles. The fourth-order valence-corrected chi connectivity index (χ4v) is 1.58. The Hall–Kier alpha value is -1.47. The van der Waals surface area contributed by atoms with Gasteiger partial charge in [-0.1, -0.05) is 6.92 Å². The van der Waals surface area contributed by atoms with E-state index in [1.165, 1.54) is 4.90 Å². The molecular weight excluding hydrogens is 226 g/mol. The molecule has 1 rings (SSSR count). The monoisotopic (exact) mass is 243 g/mol. The number of imide groups is 1. The molecule has 0 aromatic carbocycles. The number of hydrogen-bond donors (Lipinski definition) is 2. The summed E-state index contributed by atoms with van der Waals surface area (Å²) in [5.41, 5.74) is 4.81. The summed E-state index contributed by atoms with van der Waals surface area (Å²) in [5, 5.41) is 0. The van der Waals surface area contributed by atoms with Crippen LogP contribution in [0.15, 0.2) is 0 Å². The fraction of sp³-hybridized carbons (Fsp3) is 0.700. The predicted molar refractivity (Wildman–Crippen MR) is 58.5 cm³/mol. The van der Waals surface area contributed by atoms with Gasteiger partial charge in [-0.05, 0) is 0 Å². The van der Waals surface area contributed by atoms with Gasteiger partial charge >= 0.3 is 0 Å². The van der Waals surface area contributed by atoms with Gasteiger partial charge in [0.1, 0.15) is 6.61 Å². The number of rotatable bonds is 6. The van der Waals surface area contributed by atoms with Crippen LogP contribution in [0, 0.1) is 5.92 Å². The smallest absolute Gasteiger partial charge is 0.260 e. The van der Waals surface area contributed by atoms with E-state index in [0.29, 0.717) is 0 Å². The average molecular weight is 243 g/mol. The van der Waals surface area contributed by atoms with Crippen molar-refractivity contribution in [2.75, 3.05) is 26.8 Å². The molecule has 7 heteroatoms. The number of hydrogen-bond acceptors (Lipinski definition) is 5. The first-order valence-corrected chi connectivity index (χ1v) is 5.43. The first-order valence-electron chi connectivity index (χ1n) is 5.43. The van der Waals surface area contributed by atoms with E-state index in [2.05, 4.69) is 10.9 Å². The van der Waals surface area contributed by atoms with Crippen LogP contribution < -0.4 is 10.9 Å². The van der Waals surface area contributed by atoms with Gasteiger partial charge in [0, 0.05) is 19.4 Å². The van der Waals surface area contributed by atoms with Crippen molar-refractivity contribution in [3.8, 4) is 0 Å². The number of amides is 3. The van der Waals surface area contributed by atoms with E-state index in [9.17, 15) is 14.4 Å². The van der Waals surface area contributed by atoms with Crippen molar-refractivity contribution < 1.29 is 19.1 Å². The summed E-state index contributed by atoms with van der Waals surface area (Å²) in [7, 11) is 1.57. The van der Waals surface area contributed by atoms with Gasteiger partial charge in [-0.3, -0.25) is 24.7 Å². The van der Waals surface area contributed by atoms with E-state index in [0.717, 1.165) is 0 Å². The molecule has 0 aromatic heterocycles. The fourth-order valence-electron chi connectivity index (χ4n) is 1.58. The Kier molecular flexibility index (Phi) is 5.05. The maximum atomic E-state index is 11.5. The van der Waals surface area contributed by atoms with E-state index in [1.54, 1.807) is 14.0 Å². The zero-order valence-corrected chi connectivity index (χ0v) is 9.99. The number of nitrogens with zero attached hydrogens (tertiary/aromatic N) is 1. The molecule has 0 spiro atoms. The third-order valence-electron chi connectivity index (χ3n) is 2.43. The quantitative estimate of drug-likeness (QED) is 0.342. The molecule has 1 heterocycles. The van der Waals surface area contributed by atoms with Gasteiger partial charge in [-0.15, -0.1) is 0 Å². The summed E-state index contributed by atoms with van der Waals surface area (Å²) in [5.74, 6) is -0.890. The van der Waals surface area contributed by atoms with Crippen molar-refractivity contribution in [1.82, 2.24) is 15.8 Å². The standard InChI is InChI=1S/C10H17N3O4/c1-7-5-9(15)13(10(7)16)3-4-17-6-8(14)12-11-2/h7,11H,3-6H2,1-2H3,(H,12,14). The third kappa shape index (κ3) is 3.79. The molecule has 0 saturated carbocycles. The van der Waals surface area contributed by atoms with E-state index in [4.69, 9.17) is 4.74 Å². The number of nitrogens with one attached hydrogen (secondary N) is 2. The Balaban J connectivity index is 2.21. The lowest BCUT2D eigenvalue weighted by Crippen LogP contribution is -2.38. The topological polar surface area (TPSA) is 87.7 Å². The van der Waals surface area contributed by atoms with Crippen molar-refractivity contribution in [3.63, 3.8) is 0 Å². The Morgan fingerprint density at radius 1 is 1.53 bits per heavy atom. The van der Waals surface area contributed by atoms with Crippen molar-refractivity contribution >= 4 is 17.7 Å². The summed E-state index contributed by atoms with van der Waals surface area (Å²) in [6, 6.07) is 0. The lowest BCUT2D eigenvalue weighted by molar-refractivity contribution is -0.140. The SMILES string of the molecule is CNNC(=O)COCCN1C(=O)CC(C)C1=O. The molecule has 96 valence electrons. The number of carbonyl (C=O) groups is 3. The molecule has 1 fully saturated rings. The zero-order valence-electron chi connectivity index (χ0n) is 9.99. The summed E-state index contributed by atoms with van der Waals surface area (Å²) in [6.07, 6.45) is 0.263. The number of carbonyl (C=O) groups excluding carboxylic acids is 3. The van der Waals surface area contributed by atoms with E-state index >= 15 is 0 Å². The van der Waals surface area contributed by atoms with Gasteiger partial charge in [-0.2, -0.15) is 0 Å². The number of likely N-dealkylation sites (tertiary alicyclic amines) is 1. The van der Waals surface area contributed by atoms with Crippen LogP contribution in [0.25, 0.3) is 0 Å². The van der Waals surface area contributed by atoms with Crippen molar-refractivity contribution in [1.29, 1.82) is 0 Å². The second kappa shape index (κ2) is 6.31. The highest BCUT2D eigenvalue weighted by atomic mass is 16.5. The van der Waals surface area contributed by atoms with Crippen LogP contribution in [0.4, 0.5) is 0 Å². The van der Waals surface area contributed by atoms with E-state index in [-0.39, 0.29) is 49.8 Å². The number of ether oxygens (including phenoxy) is 1. The second-order valence-corrected chi connectivity index (χ2v) is 3.84. The highest BCUT2D eigenvalue weighted by molar-refractivity contribution is 6.03. The highest BCUT2D eigenvalue weighted by Gasteiger charge is 2.34. The first kappa shape index (κ1) is 13.6. The molecule has 1 aliphatic rings. The van der Waals surface area contributed by atoms with Gasteiger partial charge in [0.15, 0.2) is 0 Å². The van der Waals surface area contributed by atoms with E-state index in [1.807, 2.05) is 0 Å². The molecule has 1 unspecified atom stereocenters. The maximum absolute atomic E-state index is 11.5. The second-order valence-electron chi connectivity index (χ2n) is 3.84. The number of hydrazine groups is 1. The van der Waals surface area contributed by atoms with Crippen LogP contribution in [-0.4, -0.2) is 49.4 Å². The summed E-state index contributed by atoms with van der Waals surface area (Å²) < 4.78 is 5.04. The Morgan fingerprint density at radius 2 is 2.24 bits per heavy atom. The Morgan fingerprint density at radius 3 is 2.76 bits per heavy atom. The van der Waals surface area contributed by atoms with Crippen molar-refractivity contribution in [2.45, 2.75) is 13.3 Å². The van der Waals surface area contributed by atoms with Gasteiger partial charge in [0.05, 0.1) is 13.2 Å². The minimum absolute atomic E-state index is 0.105. The molecular formula is C10H17N3O4. The van der Waals surface area contributed by atoms with Gasteiger partial charge < -0.3 is 4.74 Å². The lowest BCUT2D eigenvalue weighted by Gasteiger charge is -2.14. The summed E-state index contributed by atoms with van der Waals surface area (Å²) in [6.45, 7) is 1.99. The minimum Gasteiger partial charge on any atom is -0.370 e. The third-order valence-corrected chi connectivity index (χ3v) is 2.43. The highest BCUT2D eigenvalue weighted by Crippen LogP contribution is 2.17. The van der Waals surface area contributed by atoms with Gasteiger partial charge in [0.2, 0.25) is 11.8 Å². The van der Waals surface area contributed by atoms with Gasteiger partial charge in [0.25, 0.3) is 5.91 Å².